The van der Waals surface area contributed by atoms with Crippen LogP contribution in [0.2, 0.25) is 5.02 Å². The minimum Gasteiger partial charge on any atom is -0.487 e. The van der Waals surface area contributed by atoms with Crippen LogP contribution in [0, 0.1) is 5.82 Å². The van der Waals surface area contributed by atoms with Crippen LogP contribution in [0.15, 0.2) is 66.7 Å². The van der Waals surface area contributed by atoms with Gasteiger partial charge >= 0.3 is 5.97 Å². The van der Waals surface area contributed by atoms with Gasteiger partial charge in [0.05, 0.1) is 6.42 Å². The van der Waals surface area contributed by atoms with Crippen molar-refractivity contribution in [1.82, 2.24) is 4.90 Å². The molecule has 35 heavy (non-hydrogen) atoms. The SMILES string of the molecule is C[C@]1(Cc2ccc(Cl)cc2)Cc2cc(CC(=O)N(CCc3ccccc3F)CC(=O)O)ccc2O1. The fourth-order valence-electron chi connectivity index (χ4n) is 4.52. The van der Waals surface area contributed by atoms with Gasteiger partial charge in [0.25, 0.3) is 0 Å². The number of fused-ring (bicyclic) bond motifs is 1. The molecule has 0 aromatic heterocycles. The average molecular weight is 496 g/mol. The van der Waals surface area contributed by atoms with Crippen molar-refractivity contribution in [3.05, 3.63) is 99.8 Å². The number of benzene rings is 3. The van der Waals surface area contributed by atoms with Gasteiger partial charge in [-0.05, 0) is 59.9 Å². The van der Waals surface area contributed by atoms with Gasteiger partial charge in [0.1, 0.15) is 23.7 Å². The number of amides is 1. The summed E-state index contributed by atoms with van der Waals surface area (Å²) in [5.74, 6) is -0.992. The van der Waals surface area contributed by atoms with Crippen LogP contribution >= 0.6 is 11.6 Å². The van der Waals surface area contributed by atoms with Crippen molar-refractivity contribution in [2.24, 2.45) is 0 Å². The van der Waals surface area contributed by atoms with Crippen LogP contribution in [-0.4, -0.2) is 40.6 Å². The van der Waals surface area contributed by atoms with Gasteiger partial charge in [-0.2, -0.15) is 0 Å². The minimum atomic E-state index is -1.10. The number of carboxylic acid groups (broad SMARTS) is 1. The number of hydrogen-bond donors (Lipinski definition) is 1. The first-order chi connectivity index (χ1) is 16.7. The first kappa shape index (κ1) is 24.7. The van der Waals surface area contributed by atoms with Crippen molar-refractivity contribution in [3.8, 4) is 5.75 Å². The monoisotopic (exact) mass is 495 g/mol. The van der Waals surface area contributed by atoms with Crippen LogP contribution in [-0.2, 0) is 35.3 Å². The summed E-state index contributed by atoms with van der Waals surface area (Å²) in [6.07, 6.45) is 1.72. The molecule has 0 radical (unpaired) electrons. The molecule has 182 valence electrons. The molecular weight excluding hydrogens is 469 g/mol. The topological polar surface area (TPSA) is 66.8 Å². The Morgan fingerprint density at radius 3 is 2.51 bits per heavy atom. The van der Waals surface area contributed by atoms with Gasteiger partial charge in [0.15, 0.2) is 0 Å². The first-order valence-corrected chi connectivity index (χ1v) is 11.9. The van der Waals surface area contributed by atoms with Gasteiger partial charge in [-0.1, -0.05) is 54.1 Å². The third kappa shape index (κ3) is 6.40. The maximum Gasteiger partial charge on any atom is 0.323 e. The van der Waals surface area contributed by atoms with Crippen LogP contribution < -0.4 is 4.74 Å². The van der Waals surface area contributed by atoms with Crippen LogP contribution in [0.4, 0.5) is 4.39 Å². The third-order valence-electron chi connectivity index (χ3n) is 6.18. The molecule has 0 fully saturated rings. The molecule has 3 aromatic carbocycles. The van der Waals surface area contributed by atoms with Crippen molar-refractivity contribution in [2.45, 2.75) is 38.2 Å². The van der Waals surface area contributed by atoms with Crippen LogP contribution in [0.1, 0.15) is 29.2 Å². The molecule has 4 rings (SSSR count). The van der Waals surface area contributed by atoms with Gasteiger partial charge in [-0.3, -0.25) is 9.59 Å². The summed E-state index contributed by atoms with van der Waals surface area (Å²) in [7, 11) is 0. The van der Waals surface area contributed by atoms with Gasteiger partial charge in [-0.25, -0.2) is 4.39 Å². The number of rotatable bonds is 9. The van der Waals surface area contributed by atoms with Crippen molar-refractivity contribution < 1.29 is 23.8 Å². The Hall–Kier alpha value is -3.38. The molecule has 3 aromatic rings. The summed E-state index contributed by atoms with van der Waals surface area (Å²) in [5, 5.41) is 9.97. The smallest absolute Gasteiger partial charge is 0.323 e. The Balaban J connectivity index is 1.42. The predicted octanol–water partition coefficient (Wildman–Crippen LogP) is 5.11. The number of nitrogens with zero attached hydrogens (tertiary/aromatic N) is 1. The highest BCUT2D eigenvalue weighted by molar-refractivity contribution is 6.30. The molecule has 1 aliphatic heterocycles. The molecule has 1 N–H and O–H groups in total. The van der Waals surface area contributed by atoms with Crippen molar-refractivity contribution in [1.29, 1.82) is 0 Å². The van der Waals surface area contributed by atoms with Crippen molar-refractivity contribution >= 4 is 23.5 Å². The van der Waals surface area contributed by atoms with Crippen LogP contribution in [0.5, 0.6) is 5.75 Å². The average Bonchev–Trinajstić information content (AvgIpc) is 3.14. The number of carbonyl (C=O) groups excluding carboxylic acids is 1. The molecule has 1 aliphatic rings. The third-order valence-corrected chi connectivity index (χ3v) is 6.43. The normalized spacial score (nSPS) is 16.4. The molecule has 1 atom stereocenters. The number of carbonyl (C=O) groups is 2. The van der Waals surface area contributed by atoms with E-state index >= 15 is 0 Å². The summed E-state index contributed by atoms with van der Waals surface area (Å²) in [4.78, 5) is 25.6. The maximum atomic E-state index is 14.0. The van der Waals surface area contributed by atoms with E-state index in [4.69, 9.17) is 16.3 Å². The summed E-state index contributed by atoms with van der Waals surface area (Å²) in [6.45, 7) is 1.75. The van der Waals surface area contributed by atoms with Crippen LogP contribution in [0.3, 0.4) is 0 Å². The van der Waals surface area contributed by atoms with E-state index in [0.29, 0.717) is 17.0 Å². The standard InChI is InChI=1S/C28H27ClFNO4/c1-28(16-19-6-9-23(29)10-7-19)17-22-14-20(8-11-25(22)35-28)15-26(32)31(18-27(33)34)13-12-21-4-2-3-5-24(21)30/h2-11,14H,12-13,15-18H2,1H3,(H,33,34)/t28-/m0/s1. The lowest BCUT2D eigenvalue weighted by atomic mass is 9.91. The van der Waals surface area contributed by atoms with Gasteiger partial charge in [-0.15, -0.1) is 0 Å². The zero-order valence-corrected chi connectivity index (χ0v) is 20.2. The van der Waals surface area contributed by atoms with Gasteiger partial charge in [0, 0.05) is 24.4 Å². The molecule has 0 unspecified atom stereocenters. The van der Waals surface area contributed by atoms with Crippen LogP contribution in [0.25, 0.3) is 0 Å². The fraction of sp³-hybridized carbons (Fsp3) is 0.286. The van der Waals surface area contributed by atoms with Crippen molar-refractivity contribution in [2.75, 3.05) is 13.1 Å². The molecule has 0 saturated carbocycles. The molecule has 0 bridgehead atoms. The van der Waals surface area contributed by atoms with E-state index in [0.717, 1.165) is 28.9 Å². The zero-order valence-electron chi connectivity index (χ0n) is 19.5. The second-order valence-electron chi connectivity index (χ2n) is 9.20. The second-order valence-corrected chi connectivity index (χ2v) is 9.64. The summed E-state index contributed by atoms with van der Waals surface area (Å²) in [6, 6.07) is 19.7. The summed E-state index contributed by atoms with van der Waals surface area (Å²) in [5.41, 5.74) is 2.97. The quantitative estimate of drug-likeness (QED) is 0.448. The lowest BCUT2D eigenvalue weighted by Gasteiger charge is -2.24. The Kier molecular flexibility index (Phi) is 7.41. The van der Waals surface area contributed by atoms with Gasteiger partial charge < -0.3 is 14.7 Å². The first-order valence-electron chi connectivity index (χ1n) is 11.5. The van der Waals surface area contributed by atoms with E-state index in [1.165, 1.54) is 11.0 Å². The Morgan fingerprint density at radius 1 is 1.09 bits per heavy atom. The largest absolute Gasteiger partial charge is 0.487 e. The molecule has 0 saturated heterocycles. The highest BCUT2D eigenvalue weighted by Gasteiger charge is 2.35. The molecule has 7 heteroatoms. The molecule has 5 nitrogen and oxygen atoms in total. The summed E-state index contributed by atoms with van der Waals surface area (Å²) >= 11 is 5.99. The Labute approximate surface area is 209 Å². The van der Waals surface area contributed by atoms with E-state index < -0.39 is 18.1 Å². The minimum absolute atomic E-state index is 0.0612. The number of hydrogen-bond acceptors (Lipinski definition) is 3. The fourth-order valence-corrected chi connectivity index (χ4v) is 4.64. The number of aliphatic carboxylic acids is 1. The van der Waals surface area contributed by atoms with E-state index in [2.05, 4.69) is 6.92 Å². The number of halogens is 2. The predicted molar refractivity (Wildman–Crippen MR) is 132 cm³/mol. The molecule has 1 amide bonds. The Morgan fingerprint density at radius 2 is 1.80 bits per heavy atom. The molecule has 0 aliphatic carbocycles. The zero-order chi connectivity index (χ0) is 25.0. The van der Waals surface area contributed by atoms with Crippen molar-refractivity contribution in [3.63, 3.8) is 0 Å². The summed E-state index contributed by atoms with van der Waals surface area (Å²) < 4.78 is 20.2. The highest BCUT2D eigenvalue weighted by atomic mass is 35.5. The Bertz CT molecular complexity index is 1230. The second kappa shape index (κ2) is 10.5. The lowest BCUT2D eigenvalue weighted by Crippen LogP contribution is -2.38. The highest BCUT2D eigenvalue weighted by Crippen LogP contribution is 2.37. The van der Waals surface area contributed by atoms with E-state index in [-0.39, 0.29) is 31.1 Å². The van der Waals surface area contributed by atoms with E-state index in [1.807, 2.05) is 42.5 Å². The number of carboxylic acids is 1. The van der Waals surface area contributed by atoms with Gasteiger partial charge in [0.2, 0.25) is 5.91 Å². The van der Waals surface area contributed by atoms with E-state index in [1.54, 1.807) is 18.2 Å². The van der Waals surface area contributed by atoms with E-state index in [9.17, 15) is 19.1 Å². The maximum absolute atomic E-state index is 14.0. The number of ether oxygens (including phenoxy) is 1. The molecule has 0 spiro atoms. The lowest BCUT2D eigenvalue weighted by molar-refractivity contribution is -0.144. The molecule has 1 heterocycles. The molecular formula is C28H27ClFNO4.